The summed E-state index contributed by atoms with van der Waals surface area (Å²) in [6.07, 6.45) is 11.6. The first kappa shape index (κ1) is 57.0. The first-order valence-corrected chi connectivity index (χ1v) is 32.3. The second-order valence-corrected chi connectivity index (χ2v) is 24.2. The molecule has 14 aromatic carbocycles. The number of rotatable bonds is 10. The van der Waals surface area contributed by atoms with Crippen LogP contribution in [0.4, 0.5) is 0 Å². The Kier molecular flexibility index (Phi) is 14.8. The Balaban J connectivity index is 0.000000145. The molecule has 6 nitrogen and oxygen atoms in total. The van der Waals surface area contributed by atoms with Gasteiger partial charge in [-0.3, -0.25) is 9.97 Å². The van der Waals surface area contributed by atoms with Gasteiger partial charge >= 0.3 is 0 Å². The van der Waals surface area contributed by atoms with Crippen LogP contribution in [0.15, 0.2) is 353 Å². The summed E-state index contributed by atoms with van der Waals surface area (Å²) in [5.41, 5.74) is 19.0. The van der Waals surface area contributed by atoms with Crippen molar-refractivity contribution in [2.24, 2.45) is 0 Å². The van der Waals surface area contributed by atoms with Gasteiger partial charge in [-0.2, -0.15) is 0 Å². The highest BCUT2D eigenvalue weighted by molar-refractivity contribution is 6.13. The Labute approximate surface area is 555 Å². The Hall–Kier alpha value is -12.9. The lowest BCUT2D eigenvalue weighted by molar-refractivity contribution is 1.19. The highest BCUT2D eigenvalue weighted by Gasteiger charge is 2.20. The van der Waals surface area contributed by atoms with Crippen LogP contribution in [0.1, 0.15) is 0 Å². The molecule has 0 saturated heterocycles. The summed E-state index contributed by atoms with van der Waals surface area (Å²) in [5, 5.41) is 14.2. The SMILES string of the molecule is c1cc(-c2ccc3ccccc3c2)cc(-c2nc(-c3cccc4ccccc34)ncc2-c2cccc(-c3cncc4ccccc34)c2)c1.c1cncc(-c2cccc(-c3cnc(-c4cc5ccccc5c5ccccc45)nc3-c3cccc(-c4cccc5ccccc45)c3)c2)c1. The molecule has 6 heteroatoms. The Morgan fingerprint density at radius 3 is 1.26 bits per heavy atom. The average Bonchev–Trinajstić information content (AvgIpc) is 0.789. The van der Waals surface area contributed by atoms with Gasteiger partial charge in [0.25, 0.3) is 0 Å². The van der Waals surface area contributed by atoms with Crippen LogP contribution in [-0.2, 0) is 0 Å². The molecule has 0 aliphatic heterocycles. The molecule has 0 radical (unpaired) electrons. The van der Waals surface area contributed by atoms with Gasteiger partial charge < -0.3 is 0 Å². The fraction of sp³-hybridized carbons (Fsp3) is 0. The number of benzene rings is 14. The topological polar surface area (TPSA) is 77.3 Å². The summed E-state index contributed by atoms with van der Waals surface area (Å²) in [6.45, 7) is 0. The van der Waals surface area contributed by atoms with Gasteiger partial charge in [0, 0.05) is 87.1 Å². The van der Waals surface area contributed by atoms with Crippen molar-refractivity contribution < 1.29 is 0 Å². The van der Waals surface area contributed by atoms with Crippen LogP contribution in [0, 0.1) is 0 Å². The monoisotopic (exact) mass is 1220 g/mol. The molecule has 0 fully saturated rings. The van der Waals surface area contributed by atoms with Crippen LogP contribution in [0.2, 0.25) is 0 Å². The number of pyridine rings is 2. The van der Waals surface area contributed by atoms with Gasteiger partial charge in [-0.1, -0.05) is 273 Å². The molecule has 0 saturated carbocycles. The van der Waals surface area contributed by atoms with Crippen molar-refractivity contribution >= 4 is 64.6 Å². The molecule has 0 spiro atoms. The van der Waals surface area contributed by atoms with Crippen molar-refractivity contribution in [3.05, 3.63) is 353 Å². The lowest BCUT2D eigenvalue weighted by Crippen LogP contribution is -1.97. The van der Waals surface area contributed by atoms with Gasteiger partial charge in [0.2, 0.25) is 0 Å². The standard InChI is InChI=1S/2C45H29N3/c1-3-19-37-30(11-1)13-9-23-38(37)32-15-8-17-35(26-32)44-43(33-16-7-14-31(25-33)36-18-10-24-46-28-36)29-47-45(48-44)42-27-34-12-2-4-20-39(34)40-21-5-6-22-41(40)42;1-2-12-32-24-34(23-22-30(32)10-1)33-15-7-18-37(25-33)44-43(29-47-45(48-44)41-21-9-14-31-11-3-5-19-39(31)41)36-17-8-16-35(26-36)42-28-46-27-38-13-4-6-20-40(38)42/h2*1-29H. The molecule has 4 heterocycles. The van der Waals surface area contributed by atoms with E-state index in [4.69, 9.17) is 19.9 Å². The minimum atomic E-state index is 0.703. The summed E-state index contributed by atoms with van der Waals surface area (Å²) in [5.74, 6) is 1.41. The van der Waals surface area contributed by atoms with Crippen molar-refractivity contribution in [1.82, 2.24) is 29.9 Å². The molecule has 0 bridgehead atoms. The van der Waals surface area contributed by atoms with Crippen molar-refractivity contribution in [1.29, 1.82) is 0 Å². The van der Waals surface area contributed by atoms with Gasteiger partial charge in [-0.05, 0) is 146 Å². The van der Waals surface area contributed by atoms with Crippen LogP contribution in [0.25, 0.3) is 177 Å². The summed E-state index contributed by atoms with van der Waals surface area (Å²) < 4.78 is 0. The zero-order valence-electron chi connectivity index (χ0n) is 52.2. The lowest BCUT2D eigenvalue weighted by atomic mass is 9.93. The summed E-state index contributed by atoms with van der Waals surface area (Å²) in [4.78, 5) is 29.8. The Bertz CT molecular complexity index is 5980. The average molecular weight is 1220 g/mol. The molecule has 96 heavy (non-hydrogen) atoms. The first-order chi connectivity index (χ1) is 47.6. The number of fused-ring (bicyclic) bond motifs is 7. The molecule has 18 aromatic rings. The molecule has 448 valence electrons. The predicted molar refractivity (Wildman–Crippen MR) is 399 cm³/mol. The predicted octanol–water partition coefficient (Wildman–Crippen LogP) is 23.3. The third kappa shape index (κ3) is 10.9. The number of hydrogen-bond donors (Lipinski definition) is 0. The van der Waals surface area contributed by atoms with Crippen LogP contribution in [0.3, 0.4) is 0 Å². The van der Waals surface area contributed by atoms with E-state index in [1.54, 1.807) is 6.20 Å². The van der Waals surface area contributed by atoms with Crippen molar-refractivity contribution in [3.63, 3.8) is 0 Å². The van der Waals surface area contributed by atoms with E-state index in [0.717, 1.165) is 105 Å². The highest BCUT2D eigenvalue weighted by atomic mass is 14.9. The lowest BCUT2D eigenvalue weighted by Gasteiger charge is -2.15. The van der Waals surface area contributed by atoms with E-state index in [0.29, 0.717) is 11.6 Å². The maximum Gasteiger partial charge on any atom is 0.160 e. The van der Waals surface area contributed by atoms with Gasteiger partial charge in [-0.25, -0.2) is 19.9 Å². The van der Waals surface area contributed by atoms with Crippen LogP contribution in [-0.4, -0.2) is 29.9 Å². The van der Waals surface area contributed by atoms with Gasteiger partial charge in [-0.15, -0.1) is 0 Å². The van der Waals surface area contributed by atoms with Gasteiger partial charge in [0.1, 0.15) is 0 Å². The minimum Gasteiger partial charge on any atom is -0.264 e. The summed E-state index contributed by atoms with van der Waals surface area (Å²) >= 11 is 0. The molecule has 0 unspecified atom stereocenters. The molecular formula is C90H58N6. The molecule has 0 aliphatic carbocycles. The van der Waals surface area contributed by atoms with E-state index in [9.17, 15) is 0 Å². The largest absolute Gasteiger partial charge is 0.264 e. The van der Waals surface area contributed by atoms with Crippen molar-refractivity contribution in [2.75, 3.05) is 0 Å². The zero-order chi connectivity index (χ0) is 63.7. The first-order valence-electron chi connectivity index (χ1n) is 32.3. The van der Waals surface area contributed by atoms with E-state index in [1.165, 1.54) is 59.6 Å². The number of hydrogen-bond acceptors (Lipinski definition) is 6. The van der Waals surface area contributed by atoms with E-state index >= 15 is 0 Å². The molecule has 4 aromatic heterocycles. The quantitative estimate of drug-likeness (QED) is 0.127. The van der Waals surface area contributed by atoms with Gasteiger partial charge in [0.15, 0.2) is 11.6 Å². The Morgan fingerprint density at radius 1 is 0.177 bits per heavy atom. The van der Waals surface area contributed by atoms with E-state index < -0.39 is 0 Å². The third-order valence-corrected chi connectivity index (χ3v) is 18.4. The number of nitrogens with zero attached hydrogens (tertiary/aromatic N) is 6. The maximum atomic E-state index is 5.42. The van der Waals surface area contributed by atoms with Gasteiger partial charge in [0.05, 0.1) is 11.4 Å². The highest BCUT2D eigenvalue weighted by Crippen LogP contribution is 2.42. The van der Waals surface area contributed by atoms with E-state index in [-0.39, 0.29) is 0 Å². The molecule has 18 rings (SSSR count). The van der Waals surface area contributed by atoms with Crippen molar-refractivity contribution in [2.45, 2.75) is 0 Å². The second-order valence-electron chi connectivity index (χ2n) is 24.2. The molecular weight excluding hydrogens is 1170 g/mol. The third-order valence-electron chi connectivity index (χ3n) is 18.4. The fourth-order valence-corrected chi connectivity index (χ4v) is 13.7. The van der Waals surface area contributed by atoms with Crippen LogP contribution < -0.4 is 0 Å². The van der Waals surface area contributed by atoms with E-state index in [2.05, 4.69) is 319 Å². The molecule has 0 amide bonds. The maximum absolute atomic E-state index is 5.42. The molecule has 0 N–H and O–H groups in total. The Morgan fingerprint density at radius 2 is 0.604 bits per heavy atom. The number of aromatic nitrogens is 6. The molecule has 0 aliphatic rings. The van der Waals surface area contributed by atoms with E-state index in [1.807, 2.05) is 37.1 Å². The van der Waals surface area contributed by atoms with Crippen LogP contribution in [0.5, 0.6) is 0 Å². The second kappa shape index (κ2) is 25.0. The van der Waals surface area contributed by atoms with Crippen molar-refractivity contribution in [3.8, 4) is 112 Å². The summed E-state index contributed by atoms with van der Waals surface area (Å²) in [7, 11) is 0. The minimum absolute atomic E-state index is 0.703. The smallest absolute Gasteiger partial charge is 0.160 e. The fourth-order valence-electron chi connectivity index (χ4n) is 13.7. The normalized spacial score (nSPS) is 11.3. The molecule has 0 atom stereocenters. The zero-order valence-corrected chi connectivity index (χ0v) is 52.2. The van der Waals surface area contributed by atoms with Crippen LogP contribution >= 0.6 is 0 Å². The summed E-state index contributed by atoms with van der Waals surface area (Å²) in [6, 6.07) is 111.